The van der Waals surface area contributed by atoms with E-state index in [1.54, 1.807) is 13.2 Å². The number of nitrogens with zero attached hydrogens (tertiary/aromatic N) is 3. The average molecular weight is 355 g/mol. The van der Waals surface area contributed by atoms with Crippen molar-refractivity contribution in [2.45, 2.75) is 16.8 Å². The van der Waals surface area contributed by atoms with E-state index in [1.807, 2.05) is 30.3 Å². The molecule has 0 fully saturated rings. The standard InChI is InChI=1S/C18H14FN3O2S/c1-24-14-7-3-5-12(9-14)17-20-18-22(21-17)16(23)10-15(25-18)11-4-2-6-13(19)8-11/h2-9,15H,10H2,1H3/t15-/m1/s1. The molecule has 2 heterocycles. The van der Waals surface area contributed by atoms with E-state index in [0.29, 0.717) is 16.7 Å². The van der Waals surface area contributed by atoms with Crippen LogP contribution >= 0.6 is 11.8 Å². The van der Waals surface area contributed by atoms with Gasteiger partial charge in [0.15, 0.2) is 11.0 Å². The maximum absolute atomic E-state index is 13.5. The van der Waals surface area contributed by atoms with E-state index in [-0.39, 0.29) is 23.4 Å². The lowest BCUT2D eigenvalue weighted by Crippen LogP contribution is -2.21. The lowest BCUT2D eigenvalue weighted by atomic mass is 10.1. The number of methoxy groups -OCH3 is 1. The van der Waals surface area contributed by atoms with Crippen LogP contribution in [-0.4, -0.2) is 27.8 Å². The van der Waals surface area contributed by atoms with E-state index in [1.165, 1.54) is 28.6 Å². The van der Waals surface area contributed by atoms with Crippen LogP contribution < -0.4 is 4.74 Å². The van der Waals surface area contributed by atoms with E-state index in [9.17, 15) is 9.18 Å². The van der Waals surface area contributed by atoms with Crippen LogP contribution in [0.25, 0.3) is 11.4 Å². The van der Waals surface area contributed by atoms with Crippen molar-refractivity contribution in [2.24, 2.45) is 0 Å². The highest BCUT2D eigenvalue weighted by Crippen LogP contribution is 2.41. The molecule has 0 saturated heterocycles. The third kappa shape index (κ3) is 3.02. The Morgan fingerprint density at radius 3 is 2.88 bits per heavy atom. The number of fused-ring (bicyclic) bond motifs is 1. The minimum absolute atomic E-state index is 0.148. The molecule has 0 radical (unpaired) electrons. The number of ether oxygens (including phenoxy) is 1. The molecule has 4 rings (SSSR count). The Bertz CT molecular complexity index is 957. The number of halogens is 1. The number of carbonyl (C=O) groups is 1. The summed E-state index contributed by atoms with van der Waals surface area (Å²) in [7, 11) is 1.59. The van der Waals surface area contributed by atoms with Gasteiger partial charge in [0.1, 0.15) is 11.6 Å². The highest BCUT2D eigenvalue weighted by molar-refractivity contribution is 7.99. The molecule has 5 nitrogen and oxygen atoms in total. The Morgan fingerprint density at radius 2 is 2.08 bits per heavy atom. The van der Waals surface area contributed by atoms with Gasteiger partial charge in [-0.25, -0.2) is 9.37 Å². The quantitative estimate of drug-likeness (QED) is 0.711. The van der Waals surface area contributed by atoms with Gasteiger partial charge in [-0.05, 0) is 29.8 Å². The van der Waals surface area contributed by atoms with Crippen molar-refractivity contribution in [3.8, 4) is 17.1 Å². The van der Waals surface area contributed by atoms with Crippen LogP contribution in [0.5, 0.6) is 5.75 Å². The molecule has 7 heteroatoms. The summed E-state index contributed by atoms with van der Waals surface area (Å²) in [5.41, 5.74) is 1.55. The topological polar surface area (TPSA) is 57.0 Å². The zero-order chi connectivity index (χ0) is 17.4. The molecule has 126 valence electrons. The Balaban J connectivity index is 1.68. The zero-order valence-electron chi connectivity index (χ0n) is 13.3. The van der Waals surface area contributed by atoms with Crippen LogP contribution in [0.4, 0.5) is 4.39 Å². The van der Waals surface area contributed by atoms with E-state index >= 15 is 0 Å². The summed E-state index contributed by atoms with van der Waals surface area (Å²) in [5, 5.41) is 4.68. The van der Waals surface area contributed by atoms with E-state index in [0.717, 1.165) is 11.1 Å². The number of aromatic nitrogens is 3. The van der Waals surface area contributed by atoms with E-state index in [2.05, 4.69) is 10.1 Å². The maximum Gasteiger partial charge on any atom is 0.250 e. The fourth-order valence-electron chi connectivity index (χ4n) is 2.73. The third-order valence-corrected chi connectivity index (χ3v) is 5.17. The largest absolute Gasteiger partial charge is 0.497 e. The van der Waals surface area contributed by atoms with Crippen molar-refractivity contribution < 1.29 is 13.9 Å². The lowest BCUT2D eigenvalue weighted by Gasteiger charge is -2.20. The summed E-state index contributed by atoms with van der Waals surface area (Å²) in [6.45, 7) is 0. The molecule has 0 saturated carbocycles. The van der Waals surface area contributed by atoms with Gasteiger partial charge in [-0.3, -0.25) is 4.79 Å². The normalized spacial score (nSPS) is 16.6. The predicted molar refractivity (Wildman–Crippen MR) is 92.3 cm³/mol. The second-order valence-electron chi connectivity index (χ2n) is 5.62. The minimum Gasteiger partial charge on any atom is -0.497 e. The first-order valence-corrected chi connectivity index (χ1v) is 8.59. The van der Waals surface area contributed by atoms with Crippen molar-refractivity contribution in [3.05, 3.63) is 59.9 Å². The van der Waals surface area contributed by atoms with Crippen molar-refractivity contribution in [1.82, 2.24) is 14.8 Å². The van der Waals surface area contributed by atoms with Crippen LogP contribution in [-0.2, 0) is 0 Å². The van der Waals surface area contributed by atoms with Gasteiger partial charge in [-0.1, -0.05) is 36.0 Å². The zero-order valence-corrected chi connectivity index (χ0v) is 14.2. The van der Waals surface area contributed by atoms with Gasteiger partial charge in [0.2, 0.25) is 0 Å². The number of benzene rings is 2. The molecule has 1 aliphatic rings. The maximum atomic E-state index is 13.5. The van der Waals surface area contributed by atoms with E-state index < -0.39 is 0 Å². The van der Waals surface area contributed by atoms with Gasteiger partial charge < -0.3 is 4.74 Å². The van der Waals surface area contributed by atoms with Gasteiger partial charge in [0.05, 0.1) is 7.11 Å². The second-order valence-corrected chi connectivity index (χ2v) is 6.79. The second kappa shape index (κ2) is 6.33. The number of carbonyl (C=O) groups excluding carboxylic acids is 1. The number of hydrogen-bond acceptors (Lipinski definition) is 5. The summed E-state index contributed by atoms with van der Waals surface area (Å²) in [5.74, 6) is 0.704. The van der Waals surface area contributed by atoms with Crippen LogP contribution in [0.15, 0.2) is 53.7 Å². The molecule has 1 atom stereocenters. The molecule has 0 spiro atoms. The summed E-state index contributed by atoms with van der Waals surface area (Å²) >= 11 is 1.42. The number of rotatable bonds is 3. The Hall–Kier alpha value is -2.67. The molecule has 0 N–H and O–H groups in total. The molecule has 0 bridgehead atoms. The average Bonchev–Trinajstić information content (AvgIpc) is 3.07. The van der Waals surface area contributed by atoms with Gasteiger partial charge in [0.25, 0.3) is 5.91 Å². The van der Waals surface area contributed by atoms with Gasteiger partial charge in [-0.2, -0.15) is 4.68 Å². The van der Waals surface area contributed by atoms with E-state index in [4.69, 9.17) is 4.74 Å². The smallest absolute Gasteiger partial charge is 0.250 e. The highest BCUT2D eigenvalue weighted by Gasteiger charge is 2.30. The molecule has 0 aliphatic carbocycles. The summed E-state index contributed by atoms with van der Waals surface area (Å²) in [6.07, 6.45) is 0.252. The lowest BCUT2D eigenvalue weighted by molar-refractivity contribution is 0.0868. The van der Waals surface area contributed by atoms with Gasteiger partial charge in [0, 0.05) is 17.2 Å². The number of hydrogen-bond donors (Lipinski definition) is 0. The first kappa shape index (κ1) is 15.8. The molecule has 2 aromatic carbocycles. The molecule has 0 unspecified atom stereocenters. The molecule has 0 amide bonds. The van der Waals surface area contributed by atoms with Crippen LogP contribution in [0.2, 0.25) is 0 Å². The van der Waals surface area contributed by atoms with Crippen molar-refractivity contribution in [2.75, 3.05) is 7.11 Å². The predicted octanol–water partition coefficient (Wildman–Crippen LogP) is 3.97. The van der Waals surface area contributed by atoms with Gasteiger partial charge >= 0.3 is 0 Å². The summed E-state index contributed by atoms with van der Waals surface area (Å²) in [4.78, 5) is 16.9. The first-order valence-electron chi connectivity index (χ1n) is 7.71. The molecule has 25 heavy (non-hydrogen) atoms. The Morgan fingerprint density at radius 1 is 1.24 bits per heavy atom. The van der Waals surface area contributed by atoms with Gasteiger partial charge in [-0.15, -0.1) is 5.10 Å². The fraction of sp³-hybridized carbons (Fsp3) is 0.167. The Labute approximate surface area is 147 Å². The summed E-state index contributed by atoms with van der Waals surface area (Å²) < 4.78 is 20.0. The minimum atomic E-state index is -0.311. The van der Waals surface area contributed by atoms with Crippen LogP contribution in [0, 0.1) is 5.82 Å². The van der Waals surface area contributed by atoms with Crippen molar-refractivity contribution in [1.29, 1.82) is 0 Å². The summed E-state index contributed by atoms with van der Waals surface area (Å²) in [6, 6.07) is 13.7. The molecule has 1 aliphatic heterocycles. The monoisotopic (exact) mass is 355 g/mol. The Kier molecular flexibility index (Phi) is 4.01. The highest BCUT2D eigenvalue weighted by atomic mass is 32.2. The van der Waals surface area contributed by atoms with Crippen molar-refractivity contribution in [3.63, 3.8) is 0 Å². The SMILES string of the molecule is COc1cccc(-c2nc3n(n2)C(=O)C[C@H](c2cccc(F)c2)S3)c1. The number of thioether (sulfide) groups is 1. The molecule has 1 aromatic heterocycles. The van der Waals surface area contributed by atoms with Crippen LogP contribution in [0.3, 0.4) is 0 Å². The first-order chi connectivity index (χ1) is 12.1. The molecular formula is C18H14FN3O2S. The molecular weight excluding hydrogens is 341 g/mol. The third-order valence-electron chi connectivity index (χ3n) is 3.97. The fourth-order valence-corrected chi connectivity index (χ4v) is 3.87. The van der Waals surface area contributed by atoms with Crippen LogP contribution in [0.1, 0.15) is 22.0 Å². The molecule has 3 aromatic rings. The van der Waals surface area contributed by atoms with Crippen molar-refractivity contribution >= 4 is 17.7 Å².